The van der Waals surface area contributed by atoms with Crippen LogP contribution in [0.15, 0.2) is 95.8 Å². The first-order valence-corrected chi connectivity index (χ1v) is 9.73. The number of nitrogens with one attached hydrogen (secondary N) is 2. The molecule has 0 saturated carbocycles. The minimum Gasteiger partial charge on any atom is -0.344 e. The van der Waals surface area contributed by atoms with Crippen molar-refractivity contribution in [3.8, 4) is 22.5 Å². The third kappa shape index (κ3) is 4.36. The predicted octanol–water partition coefficient (Wildman–Crippen LogP) is 4.59. The molecule has 2 N–H and O–H groups in total. The van der Waals surface area contributed by atoms with E-state index in [0.29, 0.717) is 5.82 Å². The summed E-state index contributed by atoms with van der Waals surface area (Å²) in [6.45, 7) is 1.91. The molecule has 148 valence electrons. The Morgan fingerprint density at radius 1 is 0.833 bits per heavy atom. The lowest BCUT2D eigenvalue weighted by atomic mass is 10.00. The zero-order chi connectivity index (χ0) is 20.9. The molecule has 1 aromatic heterocycles. The van der Waals surface area contributed by atoms with Gasteiger partial charge in [0.15, 0.2) is 0 Å². The van der Waals surface area contributed by atoms with Gasteiger partial charge in [-0.25, -0.2) is 4.98 Å². The van der Waals surface area contributed by atoms with Gasteiger partial charge in [0.1, 0.15) is 11.5 Å². The highest BCUT2D eigenvalue weighted by atomic mass is 16.2. The lowest BCUT2D eigenvalue weighted by molar-refractivity contribution is 0.0934. The van der Waals surface area contributed by atoms with Crippen molar-refractivity contribution < 1.29 is 4.79 Å². The number of carbonyl (C=O) groups excluding carboxylic acids is 1. The van der Waals surface area contributed by atoms with Gasteiger partial charge in [-0.2, -0.15) is 0 Å². The summed E-state index contributed by atoms with van der Waals surface area (Å²) in [5, 5.41) is 2.94. The highest BCUT2D eigenvalue weighted by molar-refractivity contribution is 5.92. The number of rotatable bonds is 5. The zero-order valence-corrected chi connectivity index (χ0v) is 16.5. The Morgan fingerprint density at radius 2 is 1.47 bits per heavy atom. The van der Waals surface area contributed by atoms with E-state index in [2.05, 4.69) is 21.4 Å². The number of benzene rings is 3. The number of amides is 1. The van der Waals surface area contributed by atoms with E-state index in [-0.39, 0.29) is 17.3 Å². The summed E-state index contributed by atoms with van der Waals surface area (Å²) in [5.74, 6) is -0.0251. The van der Waals surface area contributed by atoms with Crippen molar-refractivity contribution in [1.82, 2.24) is 15.3 Å². The standard InChI is InChI=1S/C25H21N3O2/c1-17(20-13-8-14-21(15-20)18-9-4-2-5-10-18)26-25(30)22-16-23(29)28-24(27-22)19-11-6-3-7-12-19/h2-17H,1H3,(H,26,30)(H,27,28,29). The number of hydrogen-bond donors (Lipinski definition) is 2. The summed E-state index contributed by atoms with van der Waals surface area (Å²) in [4.78, 5) is 31.9. The average Bonchev–Trinajstić information content (AvgIpc) is 2.80. The van der Waals surface area contributed by atoms with Crippen molar-refractivity contribution in [2.45, 2.75) is 13.0 Å². The molecule has 0 radical (unpaired) electrons. The maximum atomic E-state index is 12.8. The van der Waals surface area contributed by atoms with Gasteiger partial charge in [-0.3, -0.25) is 9.59 Å². The molecule has 5 heteroatoms. The fraction of sp³-hybridized carbons (Fsp3) is 0.0800. The van der Waals surface area contributed by atoms with Crippen LogP contribution in [0.3, 0.4) is 0 Å². The zero-order valence-electron chi connectivity index (χ0n) is 16.5. The fourth-order valence-corrected chi connectivity index (χ4v) is 3.28. The van der Waals surface area contributed by atoms with Gasteiger partial charge in [-0.1, -0.05) is 78.9 Å². The number of hydrogen-bond acceptors (Lipinski definition) is 3. The molecule has 30 heavy (non-hydrogen) atoms. The van der Waals surface area contributed by atoms with Crippen LogP contribution in [0.25, 0.3) is 22.5 Å². The first kappa shape index (κ1) is 19.3. The number of nitrogens with zero attached hydrogens (tertiary/aromatic N) is 1. The Hall–Kier alpha value is -3.99. The van der Waals surface area contributed by atoms with Crippen LogP contribution in [0.1, 0.15) is 29.0 Å². The molecule has 1 heterocycles. The third-order valence-electron chi connectivity index (χ3n) is 4.86. The second-order valence-electron chi connectivity index (χ2n) is 7.03. The van der Waals surface area contributed by atoms with Crippen LogP contribution in [0.4, 0.5) is 0 Å². The Morgan fingerprint density at radius 3 is 2.17 bits per heavy atom. The summed E-state index contributed by atoms with van der Waals surface area (Å²) in [5.41, 5.74) is 3.62. The van der Waals surface area contributed by atoms with E-state index in [1.54, 1.807) is 0 Å². The van der Waals surface area contributed by atoms with Gasteiger partial charge in [0.05, 0.1) is 6.04 Å². The topological polar surface area (TPSA) is 74.8 Å². The van der Waals surface area contributed by atoms with E-state index in [1.807, 2.05) is 85.8 Å². The Kier molecular flexibility index (Phi) is 5.52. The summed E-state index contributed by atoms with van der Waals surface area (Å²) in [6.07, 6.45) is 0. The third-order valence-corrected chi connectivity index (χ3v) is 4.86. The van der Waals surface area contributed by atoms with Crippen molar-refractivity contribution in [3.63, 3.8) is 0 Å². The van der Waals surface area contributed by atoms with E-state index in [9.17, 15) is 9.59 Å². The van der Waals surface area contributed by atoms with Crippen LogP contribution < -0.4 is 10.9 Å². The Bertz CT molecular complexity index is 1220. The van der Waals surface area contributed by atoms with Crippen molar-refractivity contribution in [2.24, 2.45) is 0 Å². The van der Waals surface area contributed by atoms with Crippen molar-refractivity contribution in [2.75, 3.05) is 0 Å². The van der Waals surface area contributed by atoms with E-state index < -0.39 is 5.91 Å². The van der Waals surface area contributed by atoms with Gasteiger partial charge >= 0.3 is 0 Å². The molecule has 3 aromatic carbocycles. The van der Waals surface area contributed by atoms with Gasteiger partial charge < -0.3 is 10.3 Å². The number of H-pyrrole nitrogens is 1. The molecule has 0 spiro atoms. The molecule has 0 aliphatic rings. The smallest absolute Gasteiger partial charge is 0.270 e. The molecule has 0 aliphatic heterocycles. The van der Waals surface area contributed by atoms with Crippen LogP contribution in [0, 0.1) is 0 Å². The predicted molar refractivity (Wildman–Crippen MR) is 118 cm³/mol. The van der Waals surface area contributed by atoms with E-state index in [4.69, 9.17) is 0 Å². The van der Waals surface area contributed by atoms with Crippen LogP contribution in [-0.4, -0.2) is 15.9 Å². The summed E-state index contributed by atoms with van der Waals surface area (Å²) in [7, 11) is 0. The van der Waals surface area contributed by atoms with Crippen LogP contribution in [-0.2, 0) is 0 Å². The minimum atomic E-state index is -0.393. The number of aromatic nitrogens is 2. The number of aromatic amines is 1. The fourth-order valence-electron chi connectivity index (χ4n) is 3.28. The minimum absolute atomic E-state index is 0.0867. The highest BCUT2D eigenvalue weighted by Crippen LogP contribution is 2.23. The lowest BCUT2D eigenvalue weighted by Gasteiger charge is -2.15. The second-order valence-corrected chi connectivity index (χ2v) is 7.03. The molecule has 4 rings (SSSR count). The van der Waals surface area contributed by atoms with Gasteiger partial charge in [0.25, 0.3) is 11.5 Å². The molecular formula is C25H21N3O2. The SMILES string of the molecule is CC(NC(=O)c1cc(=O)[nH]c(-c2ccccc2)n1)c1cccc(-c2ccccc2)c1. The molecule has 1 atom stereocenters. The van der Waals surface area contributed by atoms with Gasteiger partial charge in [-0.15, -0.1) is 0 Å². The normalized spacial score (nSPS) is 11.6. The average molecular weight is 395 g/mol. The van der Waals surface area contributed by atoms with E-state index in [0.717, 1.165) is 22.3 Å². The Balaban J connectivity index is 1.56. The Labute approximate surface area is 174 Å². The highest BCUT2D eigenvalue weighted by Gasteiger charge is 2.15. The van der Waals surface area contributed by atoms with Crippen LogP contribution >= 0.6 is 0 Å². The maximum absolute atomic E-state index is 12.8. The maximum Gasteiger partial charge on any atom is 0.270 e. The monoisotopic (exact) mass is 395 g/mol. The molecular weight excluding hydrogens is 374 g/mol. The summed E-state index contributed by atoms with van der Waals surface area (Å²) in [6, 6.07) is 28.3. The van der Waals surface area contributed by atoms with Crippen molar-refractivity contribution in [3.05, 3.63) is 113 Å². The van der Waals surface area contributed by atoms with Crippen molar-refractivity contribution in [1.29, 1.82) is 0 Å². The summed E-state index contributed by atoms with van der Waals surface area (Å²) >= 11 is 0. The van der Waals surface area contributed by atoms with Crippen molar-refractivity contribution >= 4 is 5.91 Å². The second kappa shape index (κ2) is 8.57. The largest absolute Gasteiger partial charge is 0.344 e. The van der Waals surface area contributed by atoms with Crippen LogP contribution in [0.2, 0.25) is 0 Å². The summed E-state index contributed by atoms with van der Waals surface area (Å²) < 4.78 is 0. The molecule has 0 saturated heterocycles. The molecule has 4 aromatic rings. The first-order valence-electron chi connectivity index (χ1n) is 9.73. The molecule has 1 amide bonds. The van der Waals surface area contributed by atoms with E-state index in [1.165, 1.54) is 6.07 Å². The first-order chi connectivity index (χ1) is 14.6. The molecule has 0 fully saturated rings. The van der Waals surface area contributed by atoms with Gasteiger partial charge in [0.2, 0.25) is 0 Å². The molecule has 0 bridgehead atoms. The van der Waals surface area contributed by atoms with Crippen LogP contribution in [0.5, 0.6) is 0 Å². The van der Waals surface area contributed by atoms with E-state index >= 15 is 0 Å². The van der Waals surface area contributed by atoms with Gasteiger partial charge in [0, 0.05) is 11.6 Å². The van der Waals surface area contributed by atoms with Gasteiger partial charge in [-0.05, 0) is 29.7 Å². The lowest BCUT2D eigenvalue weighted by Crippen LogP contribution is -2.29. The quantitative estimate of drug-likeness (QED) is 0.519. The molecule has 0 aliphatic carbocycles. The number of carbonyl (C=O) groups is 1. The molecule has 1 unspecified atom stereocenters. The molecule has 5 nitrogen and oxygen atoms in total.